The van der Waals surface area contributed by atoms with Gasteiger partial charge in [-0.2, -0.15) is 5.10 Å². The first-order valence-electron chi connectivity index (χ1n) is 5.35. The quantitative estimate of drug-likeness (QED) is 0.788. The van der Waals surface area contributed by atoms with Crippen molar-refractivity contribution in [2.75, 3.05) is 13.6 Å². The lowest BCUT2D eigenvalue weighted by Gasteiger charge is -2.17. The van der Waals surface area contributed by atoms with Gasteiger partial charge in [0.2, 0.25) is 0 Å². The largest absolute Gasteiger partial charge is 0.393 e. The summed E-state index contributed by atoms with van der Waals surface area (Å²) >= 11 is 0. The zero-order valence-electron chi connectivity index (χ0n) is 10.1. The summed E-state index contributed by atoms with van der Waals surface area (Å²) in [5.74, 6) is 0. The van der Waals surface area contributed by atoms with Crippen LogP contribution in [0.2, 0.25) is 0 Å². The van der Waals surface area contributed by atoms with Crippen LogP contribution in [0.5, 0.6) is 0 Å². The molecule has 0 spiro atoms. The van der Waals surface area contributed by atoms with Crippen molar-refractivity contribution in [1.82, 2.24) is 14.7 Å². The van der Waals surface area contributed by atoms with Gasteiger partial charge in [0, 0.05) is 20.1 Å². The molecule has 1 unspecified atom stereocenters. The summed E-state index contributed by atoms with van der Waals surface area (Å²) in [5, 5.41) is 13.5. The molecule has 1 atom stereocenters. The van der Waals surface area contributed by atoms with Crippen LogP contribution in [0, 0.1) is 6.92 Å². The van der Waals surface area contributed by atoms with Crippen molar-refractivity contribution in [1.29, 1.82) is 0 Å². The normalized spacial score (nSPS) is 13.5. The first-order valence-corrected chi connectivity index (χ1v) is 5.35. The van der Waals surface area contributed by atoms with E-state index in [4.69, 9.17) is 0 Å². The highest BCUT2D eigenvalue weighted by Crippen LogP contribution is 2.05. The second-order valence-electron chi connectivity index (χ2n) is 4.28. The highest BCUT2D eigenvalue weighted by molar-refractivity contribution is 5.08. The predicted octanol–water partition coefficient (Wildman–Crippen LogP) is 0.931. The standard InChI is InChI=1S/C11H21N3O/c1-9-7-11(14(4)12-9)8-13(3)6-5-10(2)15/h7,10,15H,5-6,8H2,1-4H3. The second kappa shape index (κ2) is 5.28. The number of aromatic nitrogens is 2. The molecule has 0 bridgehead atoms. The molecule has 4 heteroatoms. The van der Waals surface area contributed by atoms with E-state index in [2.05, 4.69) is 23.1 Å². The molecule has 0 saturated carbocycles. The van der Waals surface area contributed by atoms with Gasteiger partial charge in [0.05, 0.1) is 17.5 Å². The Hall–Kier alpha value is -0.870. The van der Waals surface area contributed by atoms with Crippen LogP contribution in [0.3, 0.4) is 0 Å². The van der Waals surface area contributed by atoms with Gasteiger partial charge in [0.1, 0.15) is 0 Å². The van der Waals surface area contributed by atoms with Gasteiger partial charge in [-0.25, -0.2) is 0 Å². The molecule has 15 heavy (non-hydrogen) atoms. The lowest BCUT2D eigenvalue weighted by molar-refractivity contribution is 0.162. The Balaban J connectivity index is 2.44. The lowest BCUT2D eigenvalue weighted by Crippen LogP contribution is -2.23. The molecule has 0 saturated heterocycles. The van der Waals surface area contributed by atoms with Crippen LogP contribution < -0.4 is 0 Å². The molecular weight excluding hydrogens is 190 g/mol. The Bertz CT molecular complexity index is 307. The maximum absolute atomic E-state index is 9.18. The van der Waals surface area contributed by atoms with Gasteiger partial charge < -0.3 is 10.0 Å². The average molecular weight is 211 g/mol. The smallest absolute Gasteiger partial charge is 0.0597 e. The topological polar surface area (TPSA) is 41.3 Å². The minimum absolute atomic E-state index is 0.222. The zero-order chi connectivity index (χ0) is 11.4. The molecule has 0 radical (unpaired) electrons. The minimum atomic E-state index is -0.222. The summed E-state index contributed by atoms with van der Waals surface area (Å²) in [4.78, 5) is 2.20. The van der Waals surface area contributed by atoms with Crippen molar-refractivity contribution in [3.8, 4) is 0 Å². The SMILES string of the molecule is Cc1cc(CN(C)CCC(C)O)n(C)n1. The fourth-order valence-corrected chi connectivity index (χ4v) is 1.58. The molecule has 1 N–H and O–H groups in total. The van der Waals surface area contributed by atoms with Crippen LogP contribution in [-0.4, -0.2) is 39.5 Å². The van der Waals surface area contributed by atoms with Crippen molar-refractivity contribution < 1.29 is 5.11 Å². The third kappa shape index (κ3) is 4.01. The number of hydrogen-bond donors (Lipinski definition) is 1. The van der Waals surface area contributed by atoms with E-state index in [1.54, 1.807) is 0 Å². The molecule has 1 aromatic heterocycles. The van der Waals surface area contributed by atoms with Crippen LogP contribution in [0.25, 0.3) is 0 Å². The third-order valence-electron chi connectivity index (χ3n) is 2.46. The van der Waals surface area contributed by atoms with Gasteiger partial charge in [0.15, 0.2) is 0 Å². The molecular formula is C11H21N3O. The van der Waals surface area contributed by atoms with E-state index in [1.807, 2.05) is 25.6 Å². The highest BCUT2D eigenvalue weighted by Gasteiger charge is 2.06. The molecule has 0 aliphatic rings. The Morgan fingerprint density at radius 2 is 2.27 bits per heavy atom. The number of aryl methyl sites for hydroxylation is 2. The maximum Gasteiger partial charge on any atom is 0.0597 e. The Morgan fingerprint density at radius 3 is 2.73 bits per heavy atom. The van der Waals surface area contributed by atoms with Crippen molar-refractivity contribution in [3.05, 3.63) is 17.5 Å². The minimum Gasteiger partial charge on any atom is -0.393 e. The van der Waals surface area contributed by atoms with Gasteiger partial charge in [-0.3, -0.25) is 4.68 Å². The predicted molar refractivity (Wildman–Crippen MR) is 60.6 cm³/mol. The van der Waals surface area contributed by atoms with Gasteiger partial charge in [-0.1, -0.05) is 0 Å². The fraction of sp³-hybridized carbons (Fsp3) is 0.727. The third-order valence-corrected chi connectivity index (χ3v) is 2.46. The van der Waals surface area contributed by atoms with E-state index < -0.39 is 0 Å². The Morgan fingerprint density at radius 1 is 1.60 bits per heavy atom. The average Bonchev–Trinajstić information content (AvgIpc) is 2.42. The molecule has 4 nitrogen and oxygen atoms in total. The summed E-state index contributed by atoms with van der Waals surface area (Å²) in [7, 11) is 4.02. The van der Waals surface area contributed by atoms with Crippen LogP contribution in [0.4, 0.5) is 0 Å². The zero-order valence-corrected chi connectivity index (χ0v) is 10.1. The molecule has 1 heterocycles. The molecule has 86 valence electrons. The number of rotatable bonds is 5. The van der Waals surface area contributed by atoms with Crippen molar-refractivity contribution in [2.45, 2.75) is 32.9 Å². The monoisotopic (exact) mass is 211 g/mol. The van der Waals surface area contributed by atoms with Crippen LogP contribution in [0.1, 0.15) is 24.7 Å². The van der Waals surface area contributed by atoms with Crippen LogP contribution in [0.15, 0.2) is 6.07 Å². The summed E-state index contributed by atoms with van der Waals surface area (Å²) in [6, 6.07) is 2.10. The summed E-state index contributed by atoms with van der Waals surface area (Å²) in [6.45, 7) is 5.60. The molecule has 0 fully saturated rings. The summed E-state index contributed by atoms with van der Waals surface area (Å²) in [6.07, 6.45) is 0.591. The first-order chi connectivity index (χ1) is 6.99. The van der Waals surface area contributed by atoms with Crippen LogP contribution >= 0.6 is 0 Å². The van der Waals surface area contributed by atoms with E-state index in [-0.39, 0.29) is 6.10 Å². The van der Waals surface area contributed by atoms with Crippen molar-refractivity contribution >= 4 is 0 Å². The van der Waals surface area contributed by atoms with Crippen molar-refractivity contribution in [2.24, 2.45) is 7.05 Å². The fourth-order valence-electron chi connectivity index (χ4n) is 1.58. The lowest BCUT2D eigenvalue weighted by atomic mass is 10.2. The summed E-state index contributed by atoms with van der Waals surface area (Å²) in [5.41, 5.74) is 2.26. The van der Waals surface area contributed by atoms with E-state index in [0.29, 0.717) is 0 Å². The van der Waals surface area contributed by atoms with Gasteiger partial charge in [-0.05, 0) is 33.4 Å². The Labute approximate surface area is 91.5 Å². The van der Waals surface area contributed by atoms with Gasteiger partial charge >= 0.3 is 0 Å². The number of aliphatic hydroxyl groups excluding tert-OH is 1. The van der Waals surface area contributed by atoms with Crippen molar-refractivity contribution in [3.63, 3.8) is 0 Å². The van der Waals surface area contributed by atoms with E-state index in [1.165, 1.54) is 5.69 Å². The molecule has 0 aromatic carbocycles. The Kier molecular flexibility index (Phi) is 4.29. The van der Waals surface area contributed by atoms with E-state index >= 15 is 0 Å². The molecule has 0 aliphatic carbocycles. The molecule has 0 aliphatic heterocycles. The van der Waals surface area contributed by atoms with Crippen LogP contribution in [-0.2, 0) is 13.6 Å². The number of nitrogens with zero attached hydrogens (tertiary/aromatic N) is 3. The first kappa shape index (κ1) is 12.2. The van der Waals surface area contributed by atoms with Gasteiger partial charge in [-0.15, -0.1) is 0 Å². The second-order valence-corrected chi connectivity index (χ2v) is 4.28. The number of aliphatic hydroxyl groups is 1. The molecule has 0 amide bonds. The molecule has 1 aromatic rings. The van der Waals surface area contributed by atoms with E-state index in [0.717, 1.165) is 25.2 Å². The number of hydrogen-bond acceptors (Lipinski definition) is 3. The molecule has 1 rings (SSSR count). The van der Waals surface area contributed by atoms with Gasteiger partial charge in [0.25, 0.3) is 0 Å². The van der Waals surface area contributed by atoms with E-state index in [9.17, 15) is 5.11 Å². The highest BCUT2D eigenvalue weighted by atomic mass is 16.3. The summed E-state index contributed by atoms with van der Waals surface area (Å²) < 4.78 is 1.91. The maximum atomic E-state index is 9.18.